The Bertz CT molecular complexity index is 2350. The molecule has 0 atom stereocenters. The fourth-order valence-electron chi connectivity index (χ4n) is 4.68. The third-order valence-corrected chi connectivity index (χ3v) is 7.27. The van der Waals surface area contributed by atoms with Crippen LogP contribution in [-0.2, 0) is 24.7 Å². The van der Waals surface area contributed by atoms with Gasteiger partial charge >= 0.3 is 36.1 Å². The van der Waals surface area contributed by atoms with Crippen molar-refractivity contribution in [1.82, 2.24) is 19.9 Å². The second-order valence-electron chi connectivity index (χ2n) is 11.7. The van der Waals surface area contributed by atoms with Gasteiger partial charge < -0.3 is 18.9 Å². The maximum absolute atomic E-state index is 13.3. The summed E-state index contributed by atoms with van der Waals surface area (Å²) in [5.41, 5.74) is -8.74. The van der Waals surface area contributed by atoms with Gasteiger partial charge in [0.2, 0.25) is 23.5 Å². The Kier molecular flexibility index (Phi) is 12.8. The zero-order chi connectivity index (χ0) is 45.9. The molecular weight excluding hydrogens is 888 g/mol. The van der Waals surface area contributed by atoms with Crippen LogP contribution in [0.4, 0.5) is 70.2 Å². The highest BCUT2D eigenvalue weighted by Crippen LogP contribution is 2.39. The minimum Gasteiger partial charge on any atom is -0.441 e. The lowest BCUT2D eigenvalue weighted by Gasteiger charge is -2.12. The summed E-state index contributed by atoms with van der Waals surface area (Å²) in [5, 5.41) is 0. The molecule has 0 amide bonds. The number of nitrogens with zero attached hydrogens (tertiary/aromatic N) is 2. The van der Waals surface area contributed by atoms with E-state index in [0.29, 0.717) is 48.5 Å². The summed E-state index contributed by atoms with van der Waals surface area (Å²) in [7, 11) is 0. The molecule has 62 heavy (non-hydrogen) atoms. The van der Waals surface area contributed by atoms with Crippen LogP contribution in [0.1, 0.15) is 22.3 Å². The number of halogens is 16. The molecule has 2 N–H and O–H groups in total. The second-order valence-corrected chi connectivity index (χ2v) is 11.7. The Hall–Kier alpha value is -7.28. The van der Waals surface area contributed by atoms with Gasteiger partial charge in [0.15, 0.2) is 0 Å². The van der Waals surface area contributed by atoms with E-state index in [9.17, 15) is 79.8 Å². The normalized spacial score (nSPS) is 12.0. The van der Waals surface area contributed by atoms with Crippen LogP contribution in [0, 0.1) is 23.3 Å². The van der Waals surface area contributed by atoms with Crippen molar-refractivity contribution in [3.05, 3.63) is 151 Å². The fraction of sp³-hybridized carbons (Fsp3) is 0.111. The van der Waals surface area contributed by atoms with Crippen molar-refractivity contribution >= 4 is 0 Å². The van der Waals surface area contributed by atoms with Crippen LogP contribution in [0.25, 0.3) is 0 Å². The van der Waals surface area contributed by atoms with E-state index in [2.05, 4.69) is 9.97 Å². The van der Waals surface area contributed by atoms with E-state index in [4.69, 9.17) is 18.9 Å². The molecule has 0 aliphatic rings. The highest BCUT2D eigenvalue weighted by molar-refractivity contribution is 5.39. The summed E-state index contributed by atoms with van der Waals surface area (Å²) in [4.78, 5) is 34.0. The highest BCUT2D eigenvalue weighted by Gasteiger charge is 2.37. The summed E-state index contributed by atoms with van der Waals surface area (Å²) >= 11 is 0. The molecule has 6 rings (SSSR count). The summed E-state index contributed by atoms with van der Waals surface area (Å²) in [5.74, 6) is -10.5. The average molecular weight is 905 g/mol. The Labute approximate surface area is 331 Å². The molecule has 0 radical (unpaired) electrons. The first-order valence-electron chi connectivity index (χ1n) is 16.1. The summed E-state index contributed by atoms with van der Waals surface area (Å²) in [6.45, 7) is 0. The van der Waals surface area contributed by atoms with Gasteiger partial charge in [0.25, 0.3) is 0 Å². The van der Waals surface area contributed by atoms with Crippen molar-refractivity contribution in [2.75, 3.05) is 0 Å². The predicted molar refractivity (Wildman–Crippen MR) is 176 cm³/mol. The van der Waals surface area contributed by atoms with E-state index in [0.717, 1.165) is 36.4 Å². The van der Waals surface area contributed by atoms with Gasteiger partial charge in [-0.1, -0.05) is 0 Å². The molecule has 0 saturated heterocycles. The van der Waals surface area contributed by atoms with E-state index in [1.54, 1.807) is 0 Å². The van der Waals surface area contributed by atoms with Gasteiger partial charge in [-0.2, -0.15) is 62.7 Å². The Balaban J connectivity index is 0.000000234. The van der Waals surface area contributed by atoms with E-state index in [-0.39, 0.29) is 0 Å². The molecule has 4 aromatic carbocycles. The Morgan fingerprint density at radius 3 is 0.855 bits per heavy atom. The monoisotopic (exact) mass is 904 g/mol. The van der Waals surface area contributed by atoms with Gasteiger partial charge in [-0.15, -0.1) is 0 Å². The van der Waals surface area contributed by atoms with Crippen LogP contribution >= 0.6 is 0 Å². The highest BCUT2D eigenvalue weighted by atomic mass is 19.4. The lowest BCUT2D eigenvalue weighted by molar-refractivity contribution is -0.140. The molecule has 0 bridgehead atoms. The van der Waals surface area contributed by atoms with Gasteiger partial charge in [0.05, 0.1) is 34.4 Å². The van der Waals surface area contributed by atoms with Crippen molar-refractivity contribution < 1.29 is 89.2 Å². The summed E-state index contributed by atoms with van der Waals surface area (Å²) in [6, 6.07) is 8.34. The van der Waals surface area contributed by atoms with Crippen molar-refractivity contribution in [1.29, 1.82) is 0 Å². The van der Waals surface area contributed by atoms with Gasteiger partial charge in [-0.3, -0.25) is 9.97 Å². The minimum atomic E-state index is -5.02. The second kappa shape index (κ2) is 17.4. The van der Waals surface area contributed by atoms with Crippen LogP contribution in [0.15, 0.2) is 94.5 Å². The first-order chi connectivity index (χ1) is 28.6. The van der Waals surface area contributed by atoms with Crippen LogP contribution in [0.2, 0.25) is 0 Å². The maximum Gasteiger partial charge on any atom is 0.419 e. The van der Waals surface area contributed by atoms with Crippen LogP contribution < -0.4 is 30.3 Å². The third-order valence-electron chi connectivity index (χ3n) is 7.27. The fourth-order valence-corrected chi connectivity index (χ4v) is 4.68. The van der Waals surface area contributed by atoms with Gasteiger partial charge in [-0.05, 0) is 72.8 Å². The Morgan fingerprint density at radius 1 is 0.371 bits per heavy atom. The summed E-state index contributed by atoms with van der Waals surface area (Å²) in [6.07, 6.45) is -20.1. The first kappa shape index (κ1) is 45.8. The molecule has 2 aromatic heterocycles. The molecule has 10 nitrogen and oxygen atoms in total. The predicted octanol–water partition coefficient (Wildman–Crippen LogP) is 11.3. The molecule has 0 saturated carbocycles. The molecule has 0 spiro atoms. The topological polar surface area (TPSA) is 128 Å². The SMILES string of the molecule is O=c1nc(Oc2ccc(F)c(C(F)(F)F)c2)cc(Oc2ccc(F)c(C(F)(F)F)c2)[nH]1.O=c1nc(Oc2ccc(F)c(C(F)(F)F)c2)cc(Oc2ccc(F)c(C(F)(F)F)c2)[nH]1. The maximum atomic E-state index is 13.3. The average Bonchev–Trinajstić information content (AvgIpc) is 3.13. The smallest absolute Gasteiger partial charge is 0.419 e. The van der Waals surface area contributed by atoms with Crippen molar-refractivity contribution in [3.63, 3.8) is 0 Å². The molecule has 0 aliphatic heterocycles. The first-order valence-corrected chi connectivity index (χ1v) is 16.1. The van der Waals surface area contributed by atoms with Crippen molar-refractivity contribution in [2.45, 2.75) is 24.7 Å². The van der Waals surface area contributed by atoms with E-state index < -0.39 is 128 Å². The van der Waals surface area contributed by atoms with Crippen LogP contribution in [0.5, 0.6) is 46.5 Å². The molecule has 2 heterocycles. The molecule has 328 valence electrons. The van der Waals surface area contributed by atoms with Crippen molar-refractivity contribution in [3.8, 4) is 46.5 Å². The third kappa shape index (κ3) is 11.9. The molecular formula is C36H16F16N4O6. The number of hydrogen-bond donors (Lipinski definition) is 2. The lowest BCUT2D eigenvalue weighted by atomic mass is 10.2. The number of rotatable bonds is 8. The molecule has 6 aromatic rings. The zero-order valence-corrected chi connectivity index (χ0v) is 29.5. The minimum absolute atomic E-state index is 0.328. The molecule has 0 fully saturated rings. The molecule has 0 unspecified atom stereocenters. The number of aromatic amines is 2. The number of alkyl halides is 12. The Morgan fingerprint density at radius 2 is 0.613 bits per heavy atom. The number of benzene rings is 4. The van der Waals surface area contributed by atoms with E-state index >= 15 is 0 Å². The van der Waals surface area contributed by atoms with Crippen LogP contribution in [-0.4, -0.2) is 19.9 Å². The molecule has 0 aliphatic carbocycles. The van der Waals surface area contributed by atoms with Crippen LogP contribution in [0.3, 0.4) is 0 Å². The number of nitrogens with one attached hydrogen (secondary N) is 2. The van der Waals surface area contributed by atoms with Gasteiger partial charge in [0.1, 0.15) is 46.3 Å². The number of aromatic nitrogens is 4. The standard InChI is InChI=1S/2C18H8F8N2O3/c2*19-12-3-1-8(5-10(12)17(21,22)23)30-14-7-15(28-16(29)27-14)31-9-2-4-13(20)11(6-9)18(24,25)26/h2*1-7H,(H,27,28,29). The largest absolute Gasteiger partial charge is 0.441 e. The van der Waals surface area contributed by atoms with E-state index in [1.165, 1.54) is 0 Å². The van der Waals surface area contributed by atoms with E-state index in [1.807, 2.05) is 9.97 Å². The number of ether oxygens (including phenoxy) is 4. The zero-order valence-electron chi connectivity index (χ0n) is 29.5. The van der Waals surface area contributed by atoms with Gasteiger partial charge in [-0.25, -0.2) is 27.2 Å². The number of hydrogen-bond acceptors (Lipinski definition) is 8. The summed E-state index contributed by atoms with van der Waals surface area (Å²) < 4.78 is 227. The molecule has 26 heteroatoms. The van der Waals surface area contributed by atoms with Crippen molar-refractivity contribution in [2.24, 2.45) is 0 Å². The van der Waals surface area contributed by atoms with Gasteiger partial charge in [0, 0.05) is 0 Å². The lowest BCUT2D eigenvalue weighted by Crippen LogP contribution is -2.12. The number of H-pyrrole nitrogens is 2. The quantitative estimate of drug-likeness (QED) is 0.145.